The first kappa shape index (κ1) is 27.2. The summed E-state index contributed by atoms with van der Waals surface area (Å²) < 4.78 is 22.2. The summed E-state index contributed by atoms with van der Waals surface area (Å²) >= 11 is 0. The Kier molecular flexibility index (Phi) is 9.39. The smallest absolute Gasteiger partial charge is 0.224 e. The van der Waals surface area contributed by atoms with Crippen molar-refractivity contribution in [3.8, 4) is 11.5 Å². The van der Waals surface area contributed by atoms with Crippen LogP contribution in [0.25, 0.3) is 0 Å². The van der Waals surface area contributed by atoms with Crippen molar-refractivity contribution in [3.63, 3.8) is 0 Å². The Hall–Kier alpha value is -2.35. The largest absolute Gasteiger partial charge is 0.493 e. The number of hydrogen-bond donors (Lipinski definition) is 1. The highest BCUT2D eigenvalue weighted by Gasteiger charge is 2.42. The van der Waals surface area contributed by atoms with Crippen molar-refractivity contribution in [3.05, 3.63) is 46.6 Å². The van der Waals surface area contributed by atoms with Crippen molar-refractivity contribution in [2.24, 2.45) is 5.92 Å². The summed E-state index contributed by atoms with van der Waals surface area (Å²) in [5, 5.41) is 3.07. The van der Waals surface area contributed by atoms with E-state index < -0.39 is 5.60 Å². The molecule has 1 fully saturated rings. The molecule has 0 saturated heterocycles. The molecule has 194 valence electrons. The molecule has 0 heterocycles. The van der Waals surface area contributed by atoms with Gasteiger partial charge in [-0.05, 0) is 86.3 Å². The van der Waals surface area contributed by atoms with Crippen LogP contribution >= 0.6 is 0 Å². The molecule has 2 aliphatic rings. The summed E-state index contributed by atoms with van der Waals surface area (Å²) in [7, 11) is 8.86. The van der Waals surface area contributed by atoms with Crippen molar-refractivity contribution < 1.29 is 23.7 Å². The molecule has 3 unspecified atom stereocenters. The van der Waals surface area contributed by atoms with E-state index in [-0.39, 0.29) is 12.0 Å². The number of rotatable bonds is 13. The van der Waals surface area contributed by atoms with E-state index in [0.717, 1.165) is 43.5 Å². The monoisotopic (exact) mass is 486 g/mol. The fraction of sp³-hybridized carbons (Fsp3) is 0.607. The fourth-order valence-electron chi connectivity index (χ4n) is 5.11. The number of methoxy groups -OCH3 is 4. The molecule has 1 aromatic rings. The van der Waals surface area contributed by atoms with Gasteiger partial charge in [-0.15, -0.1) is 0 Å². The van der Waals surface area contributed by atoms with Crippen LogP contribution in [0, 0.1) is 5.92 Å². The molecular formula is C28H42N2O5. The van der Waals surface area contributed by atoms with Gasteiger partial charge in [0.15, 0.2) is 11.5 Å². The number of aryl methyl sites for hydroxylation is 1. The molecule has 3 rings (SSSR count). The highest BCUT2D eigenvalue weighted by Crippen LogP contribution is 2.46. The van der Waals surface area contributed by atoms with Gasteiger partial charge in [0.2, 0.25) is 5.91 Å². The molecule has 1 amide bonds. The number of carbonyl (C=O) groups is 1. The minimum atomic E-state index is -0.416. The van der Waals surface area contributed by atoms with E-state index in [9.17, 15) is 4.79 Å². The minimum absolute atomic E-state index is 0.0299. The number of fused-ring (bicyclic) bond motifs is 1. The van der Waals surface area contributed by atoms with E-state index in [1.54, 1.807) is 28.4 Å². The van der Waals surface area contributed by atoms with Gasteiger partial charge < -0.3 is 29.2 Å². The number of nitrogens with one attached hydrogen (secondary N) is 1. The van der Waals surface area contributed by atoms with Crippen molar-refractivity contribution in [2.45, 2.75) is 51.2 Å². The average molecular weight is 487 g/mol. The standard InChI is InChI=1S/C28H42N2O5/c1-8-19-13-24(32-4)25(33-5)14-20(19)16-27(31)29-10-9-11-30(3)18-22-12-21-15-26(34-6)28(2,35-7)17-23(21)22/h13-15,17,22,26H,8-12,16,18H2,1-7H3,(H,29,31). The van der Waals surface area contributed by atoms with Crippen molar-refractivity contribution in [1.82, 2.24) is 10.2 Å². The average Bonchev–Trinajstić information content (AvgIpc) is 2.86. The Labute approximate surface area is 210 Å². The third-order valence-corrected chi connectivity index (χ3v) is 7.34. The second-order valence-electron chi connectivity index (χ2n) is 9.71. The maximum Gasteiger partial charge on any atom is 0.224 e. The van der Waals surface area contributed by atoms with E-state index in [4.69, 9.17) is 18.9 Å². The van der Waals surface area contributed by atoms with Gasteiger partial charge in [0.1, 0.15) is 11.7 Å². The lowest BCUT2D eigenvalue weighted by Gasteiger charge is -2.44. The second-order valence-corrected chi connectivity index (χ2v) is 9.71. The van der Waals surface area contributed by atoms with Gasteiger partial charge in [0.25, 0.3) is 0 Å². The lowest BCUT2D eigenvalue weighted by Crippen LogP contribution is -2.46. The maximum absolute atomic E-state index is 12.6. The predicted octanol–water partition coefficient (Wildman–Crippen LogP) is 3.55. The molecule has 3 atom stereocenters. The summed E-state index contributed by atoms with van der Waals surface area (Å²) in [5.41, 5.74) is 4.45. The topological polar surface area (TPSA) is 69.3 Å². The molecule has 2 aliphatic carbocycles. The molecule has 0 aromatic heterocycles. The molecule has 7 heteroatoms. The highest BCUT2D eigenvalue weighted by atomic mass is 16.5. The Morgan fingerprint density at radius 1 is 1.14 bits per heavy atom. The number of amides is 1. The lowest BCUT2D eigenvalue weighted by molar-refractivity contribution is -0.120. The van der Waals surface area contributed by atoms with Crippen LogP contribution in [0.4, 0.5) is 0 Å². The first-order chi connectivity index (χ1) is 16.8. The Bertz CT molecular complexity index is 957. The van der Waals surface area contributed by atoms with Gasteiger partial charge >= 0.3 is 0 Å². The second kappa shape index (κ2) is 12.1. The molecule has 35 heavy (non-hydrogen) atoms. The van der Waals surface area contributed by atoms with Gasteiger partial charge in [-0.3, -0.25) is 4.79 Å². The number of allylic oxidation sites excluding steroid dienone is 1. The van der Waals surface area contributed by atoms with Crippen LogP contribution in [0.1, 0.15) is 37.8 Å². The van der Waals surface area contributed by atoms with Crippen LogP contribution in [0.15, 0.2) is 35.4 Å². The first-order valence-corrected chi connectivity index (χ1v) is 12.5. The van der Waals surface area contributed by atoms with Crippen molar-refractivity contribution in [1.29, 1.82) is 0 Å². The molecule has 0 bridgehead atoms. The zero-order valence-corrected chi connectivity index (χ0v) is 22.4. The van der Waals surface area contributed by atoms with Gasteiger partial charge in [-0.25, -0.2) is 0 Å². The van der Waals surface area contributed by atoms with Crippen molar-refractivity contribution >= 4 is 5.91 Å². The Morgan fingerprint density at radius 2 is 1.83 bits per heavy atom. The number of ether oxygens (including phenoxy) is 4. The number of benzene rings is 1. The van der Waals surface area contributed by atoms with Crippen molar-refractivity contribution in [2.75, 3.05) is 55.1 Å². The van der Waals surface area contributed by atoms with E-state index in [0.29, 0.717) is 30.4 Å². The molecule has 0 radical (unpaired) electrons. The van der Waals surface area contributed by atoms with Crippen LogP contribution in [0.5, 0.6) is 11.5 Å². The van der Waals surface area contributed by atoms with E-state index >= 15 is 0 Å². The Morgan fingerprint density at radius 3 is 2.43 bits per heavy atom. The third kappa shape index (κ3) is 6.26. The number of hydrogen-bond acceptors (Lipinski definition) is 6. The van der Waals surface area contributed by atoms with Crippen LogP contribution in [0.3, 0.4) is 0 Å². The Balaban J connectivity index is 1.43. The number of nitrogens with zero attached hydrogens (tertiary/aromatic N) is 1. The quantitative estimate of drug-likeness (QED) is 0.430. The predicted molar refractivity (Wildman–Crippen MR) is 138 cm³/mol. The zero-order chi connectivity index (χ0) is 25.6. The maximum atomic E-state index is 12.6. The number of carbonyl (C=O) groups excluding carboxylic acids is 1. The van der Waals surface area contributed by atoms with E-state index in [2.05, 4.69) is 43.3 Å². The van der Waals surface area contributed by atoms with E-state index in [1.165, 1.54) is 11.1 Å². The van der Waals surface area contributed by atoms with Crippen LogP contribution < -0.4 is 14.8 Å². The molecule has 7 nitrogen and oxygen atoms in total. The van der Waals surface area contributed by atoms with Gasteiger partial charge in [-0.1, -0.05) is 6.92 Å². The molecule has 0 aliphatic heterocycles. The normalized spacial score (nSPS) is 23.2. The highest BCUT2D eigenvalue weighted by molar-refractivity contribution is 5.79. The summed E-state index contributed by atoms with van der Waals surface area (Å²) in [4.78, 5) is 14.9. The summed E-state index contributed by atoms with van der Waals surface area (Å²) in [6.45, 7) is 6.75. The summed E-state index contributed by atoms with van der Waals surface area (Å²) in [6.07, 6.45) is 7.58. The van der Waals surface area contributed by atoms with Crippen LogP contribution in [-0.4, -0.2) is 77.6 Å². The molecule has 1 aromatic carbocycles. The SMILES string of the molecule is CCc1cc(OC)c(OC)cc1CC(=O)NCCCN(C)CC1CC2=CC(OC)C(C)(OC)C=C21. The third-order valence-electron chi connectivity index (χ3n) is 7.34. The molecule has 1 N–H and O–H groups in total. The van der Waals surface area contributed by atoms with Crippen LogP contribution in [0.2, 0.25) is 0 Å². The molecule has 0 spiro atoms. The molecule has 1 saturated carbocycles. The first-order valence-electron chi connectivity index (χ1n) is 12.5. The van der Waals surface area contributed by atoms with Gasteiger partial charge in [0.05, 0.1) is 20.6 Å². The minimum Gasteiger partial charge on any atom is -0.493 e. The molecular weight excluding hydrogens is 444 g/mol. The van der Waals surface area contributed by atoms with Gasteiger partial charge in [-0.2, -0.15) is 0 Å². The zero-order valence-electron chi connectivity index (χ0n) is 22.4. The fourth-order valence-corrected chi connectivity index (χ4v) is 5.11. The summed E-state index contributed by atoms with van der Waals surface area (Å²) in [6, 6.07) is 3.87. The van der Waals surface area contributed by atoms with Crippen LogP contribution in [-0.2, 0) is 27.1 Å². The van der Waals surface area contributed by atoms with Gasteiger partial charge in [0, 0.05) is 33.2 Å². The van der Waals surface area contributed by atoms with E-state index in [1.807, 2.05) is 12.1 Å². The summed E-state index contributed by atoms with van der Waals surface area (Å²) in [5.74, 6) is 1.90. The lowest BCUT2D eigenvalue weighted by atomic mass is 9.68.